The zero-order valence-electron chi connectivity index (χ0n) is 17.3. The van der Waals surface area contributed by atoms with Gasteiger partial charge in [-0.2, -0.15) is 12.7 Å². The molecule has 2 aromatic rings. The maximum Gasteiger partial charge on any atom is 0.295 e. The van der Waals surface area contributed by atoms with Crippen LogP contribution in [0.25, 0.3) is 0 Å². The van der Waals surface area contributed by atoms with Gasteiger partial charge in [-0.1, -0.05) is 67.9 Å². The van der Waals surface area contributed by atoms with Crippen molar-refractivity contribution in [1.29, 1.82) is 0 Å². The lowest BCUT2D eigenvalue weighted by molar-refractivity contribution is 0.113. The van der Waals surface area contributed by atoms with Crippen LogP contribution >= 0.6 is 11.6 Å². The van der Waals surface area contributed by atoms with Crippen molar-refractivity contribution >= 4 is 21.8 Å². The molecule has 1 aliphatic heterocycles. The second-order valence-electron chi connectivity index (χ2n) is 7.53. The summed E-state index contributed by atoms with van der Waals surface area (Å²) in [5, 5.41) is 2.49. The molecule has 0 saturated carbocycles. The van der Waals surface area contributed by atoms with Crippen LogP contribution in [0.4, 0.5) is 0 Å². The third kappa shape index (κ3) is 4.67. The van der Waals surface area contributed by atoms with E-state index in [1.54, 1.807) is 8.72 Å². The minimum atomic E-state index is -3.66. The van der Waals surface area contributed by atoms with Crippen LogP contribution in [0, 0.1) is 0 Å². The summed E-state index contributed by atoms with van der Waals surface area (Å²) in [5.74, 6) is 0.0299. The lowest BCUT2D eigenvalue weighted by Crippen LogP contribution is -2.49. The highest BCUT2D eigenvalue weighted by molar-refractivity contribution is 7.86. The van der Waals surface area contributed by atoms with Gasteiger partial charge in [-0.25, -0.2) is 5.01 Å². The second kappa shape index (κ2) is 9.58. The molecule has 158 valence electrons. The first-order valence-corrected chi connectivity index (χ1v) is 12.0. The van der Waals surface area contributed by atoms with Crippen molar-refractivity contribution in [1.82, 2.24) is 13.7 Å². The fourth-order valence-corrected chi connectivity index (χ4v) is 6.28. The third-order valence-electron chi connectivity index (χ3n) is 5.36. The summed E-state index contributed by atoms with van der Waals surface area (Å²) in [6.45, 7) is 5.68. The highest BCUT2D eigenvalue weighted by atomic mass is 35.5. The Bertz CT molecular complexity index is 884. The van der Waals surface area contributed by atoms with E-state index >= 15 is 0 Å². The predicted molar refractivity (Wildman–Crippen MR) is 119 cm³/mol. The fraction of sp³-hybridized carbons (Fsp3) is 0.455. The van der Waals surface area contributed by atoms with E-state index in [4.69, 9.17) is 11.6 Å². The number of likely N-dealkylation sites (N-methyl/N-ethyl adjacent to an activating group) is 1. The Kier molecular flexibility index (Phi) is 7.35. The molecule has 1 heterocycles. The topological polar surface area (TPSA) is 43.9 Å². The van der Waals surface area contributed by atoms with Crippen molar-refractivity contribution in [2.45, 2.75) is 38.6 Å². The number of halogens is 1. The van der Waals surface area contributed by atoms with Crippen LogP contribution in [0.3, 0.4) is 0 Å². The Hall–Kier alpha value is -1.44. The summed E-state index contributed by atoms with van der Waals surface area (Å²) in [6, 6.07) is 17.4. The van der Waals surface area contributed by atoms with Crippen LogP contribution < -0.4 is 0 Å². The van der Waals surface area contributed by atoms with Crippen molar-refractivity contribution in [2.24, 2.45) is 0 Å². The van der Waals surface area contributed by atoms with Crippen LogP contribution in [-0.2, 0) is 10.2 Å². The van der Waals surface area contributed by atoms with Gasteiger partial charge in [-0.05, 0) is 36.1 Å². The van der Waals surface area contributed by atoms with Gasteiger partial charge in [0.15, 0.2) is 0 Å². The smallest absolute Gasteiger partial charge is 0.229 e. The van der Waals surface area contributed by atoms with E-state index in [0.717, 1.165) is 24.0 Å². The average Bonchev–Trinajstić information content (AvgIpc) is 3.07. The van der Waals surface area contributed by atoms with Gasteiger partial charge in [0.1, 0.15) is 0 Å². The van der Waals surface area contributed by atoms with Crippen LogP contribution in [0.15, 0.2) is 54.6 Å². The summed E-state index contributed by atoms with van der Waals surface area (Å²) >= 11 is 6.11. The van der Waals surface area contributed by atoms with Crippen LogP contribution in [-0.4, -0.2) is 48.8 Å². The molecule has 1 aliphatic rings. The van der Waals surface area contributed by atoms with Gasteiger partial charge < -0.3 is 0 Å². The van der Waals surface area contributed by atoms with E-state index in [1.165, 1.54) is 0 Å². The minimum Gasteiger partial charge on any atom is -0.229 e. The van der Waals surface area contributed by atoms with Crippen LogP contribution in [0.1, 0.15) is 49.8 Å². The normalized spacial score (nSPS) is 21.1. The Morgan fingerprint density at radius 2 is 1.55 bits per heavy atom. The van der Waals surface area contributed by atoms with E-state index in [2.05, 4.69) is 12.1 Å². The summed E-state index contributed by atoms with van der Waals surface area (Å²) < 4.78 is 30.7. The van der Waals surface area contributed by atoms with Crippen molar-refractivity contribution in [3.8, 4) is 0 Å². The number of nitrogens with zero attached hydrogens (tertiary/aromatic N) is 3. The maximum absolute atomic E-state index is 13.7. The Balaban J connectivity index is 2.09. The number of hydrazine groups is 1. The summed E-state index contributed by atoms with van der Waals surface area (Å²) in [4.78, 5) is 0. The lowest BCUT2D eigenvalue weighted by atomic mass is 9.89. The zero-order chi connectivity index (χ0) is 21.0. The average molecular weight is 436 g/mol. The number of hydrogen-bond acceptors (Lipinski definition) is 3. The van der Waals surface area contributed by atoms with Gasteiger partial charge >= 0.3 is 0 Å². The highest BCUT2D eigenvalue weighted by Crippen LogP contribution is 2.44. The molecule has 1 fully saturated rings. The molecule has 5 nitrogen and oxygen atoms in total. The monoisotopic (exact) mass is 435 g/mol. The van der Waals surface area contributed by atoms with Gasteiger partial charge in [0, 0.05) is 37.6 Å². The number of rotatable bonds is 8. The maximum atomic E-state index is 13.7. The molecule has 2 aromatic carbocycles. The molecular weight excluding hydrogens is 406 g/mol. The van der Waals surface area contributed by atoms with E-state index in [-0.39, 0.29) is 12.0 Å². The van der Waals surface area contributed by atoms with Gasteiger partial charge in [-0.3, -0.25) is 0 Å². The molecule has 3 rings (SSSR count). The number of benzene rings is 2. The summed E-state index contributed by atoms with van der Waals surface area (Å²) in [7, 11) is -1.80. The second-order valence-corrected chi connectivity index (χ2v) is 9.76. The largest absolute Gasteiger partial charge is 0.295 e. The molecule has 7 heteroatoms. The first-order chi connectivity index (χ1) is 13.9. The molecule has 0 bridgehead atoms. The van der Waals surface area contributed by atoms with E-state index in [0.29, 0.717) is 24.7 Å². The molecule has 0 amide bonds. The van der Waals surface area contributed by atoms with Crippen molar-refractivity contribution in [2.75, 3.05) is 26.7 Å². The molecule has 2 unspecified atom stereocenters. The lowest BCUT2D eigenvalue weighted by Gasteiger charge is -2.34. The SMILES string of the molecule is CCCN(CCC)S(=O)(=O)N1C(c2ccc(Cl)cc2)C(c2ccccc2)CN1C. The van der Waals surface area contributed by atoms with Gasteiger partial charge in [0.05, 0.1) is 6.04 Å². The molecule has 0 aliphatic carbocycles. The fourth-order valence-electron chi connectivity index (χ4n) is 4.12. The van der Waals surface area contributed by atoms with Crippen LogP contribution in [0.5, 0.6) is 0 Å². The molecular formula is C22H30ClN3O2S. The third-order valence-corrected chi connectivity index (χ3v) is 7.61. The summed E-state index contributed by atoms with van der Waals surface area (Å²) in [6.07, 6.45) is 1.56. The van der Waals surface area contributed by atoms with Gasteiger partial charge in [-0.15, -0.1) is 4.41 Å². The highest BCUT2D eigenvalue weighted by Gasteiger charge is 2.47. The van der Waals surface area contributed by atoms with Crippen LogP contribution in [0.2, 0.25) is 5.02 Å². The number of hydrogen-bond donors (Lipinski definition) is 0. The van der Waals surface area contributed by atoms with Gasteiger partial charge in [0.25, 0.3) is 10.2 Å². The standard InChI is InChI=1S/C22H30ClN3O2S/c1-4-15-25(16-5-2)29(27,28)26-22(19-11-13-20(23)14-12-19)21(17-24(26)3)18-9-7-6-8-10-18/h6-14,21-22H,4-5,15-17H2,1-3H3. The van der Waals surface area contributed by atoms with E-state index < -0.39 is 10.2 Å². The summed E-state index contributed by atoms with van der Waals surface area (Å²) in [5.41, 5.74) is 2.08. The van der Waals surface area contributed by atoms with Crippen molar-refractivity contribution in [3.63, 3.8) is 0 Å². The molecule has 0 spiro atoms. The van der Waals surface area contributed by atoms with Crippen molar-refractivity contribution in [3.05, 3.63) is 70.7 Å². The predicted octanol–water partition coefficient (Wildman–Crippen LogP) is 4.69. The Morgan fingerprint density at radius 3 is 2.10 bits per heavy atom. The van der Waals surface area contributed by atoms with E-state index in [9.17, 15) is 8.42 Å². The zero-order valence-corrected chi connectivity index (χ0v) is 18.9. The molecule has 29 heavy (non-hydrogen) atoms. The van der Waals surface area contributed by atoms with Crippen molar-refractivity contribution < 1.29 is 8.42 Å². The molecule has 0 radical (unpaired) electrons. The molecule has 2 atom stereocenters. The first kappa shape index (κ1) is 22.2. The molecule has 1 saturated heterocycles. The first-order valence-electron chi connectivity index (χ1n) is 10.2. The molecule has 0 aromatic heterocycles. The van der Waals surface area contributed by atoms with E-state index in [1.807, 2.05) is 68.4 Å². The quantitative estimate of drug-likeness (QED) is 0.603. The Labute approximate surface area is 180 Å². The minimum absolute atomic E-state index is 0.0299. The van der Waals surface area contributed by atoms with Gasteiger partial charge in [0.2, 0.25) is 0 Å². The molecule has 0 N–H and O–H groups in total. The Morgan fingerprint density at radius 1 is 0.966 bits per heavy atom.